The van der Waals surface area contributed by atoms with Crippen LogP contribution in [0.3, 0.4) is 0 Å². The maximum atomic E-state index is 11.9. The molecule has 3 aliphatic heterocycles. The number of hydrogen-bond acceptors (Lipinski definition) is 15. The Morgan fingerprint density at radius 2 is 1.23 bits per heavy atom. The van der Waals surface area contributed by atoms with E-state index in [1.807, 2.05) is 0 Å². The van der Waals surface area contributed by atoms with E-state index >= 15 is 0 Å². The molecule has 0 aromatic carbocycles. The van der Waals surface area contributed by atoms with Gasteiger partial charge in [-0.1, -0.05) is 0 Å². The van der Waals surface area contributed by atoms with Crippen LogP contribution < -0.4 is 10.6 Å². The Bertz CT molecular complexity index is 851. The predicted molar refractivity (Wildman–Crippen MR) is 128 cm³/mol. The summed E-state index contributed by atoms with van der Waals surface area (Å²) in [5.74, 6) is -1.04. The van der Waals surface area contributed by atoms with Gasteiger partial charge in [-0.2, -0.15) is 0 Å². The number of carbonyl (C=O) groups excluding carboxylic acids is 2. The fourth-order valence-corrected chi connectivity index (χ4v) is 5.02. The topological polar surface area (TPSA) is 266 Å². The molecule has 0 spiro atoms. The Balaban J connectivity index is 1.73. The number of rotatable bonds is 9. The third kappa shape index (κ3) is 7.24. The minimum Gasteiger partial charge on any atom is -0.394 e. The molecule has 0 aromatic heterocycles. The number of hydrogen-bond donors (Lipinski definition) is 10. The Morgan fingerprint density at radius 1 is 0.675 bits per heavy atom. The zero-order valence-corrected chi connectivity index (χ0v) is 22.2. The zero-order valence-electron chi connectivity index (χ0n) is 22.2. The molecule has 7 unspecified atom stereocenters. The van der Waals surface area contributed by atoms with E-state index in [1.54, 1.807) is 6.92 Å². The molecule has 3 aliphatic rings. The van der Waals surface area contributed by atoms with Crippen molar-refractivity contribution in [2.75, 3.05) is 19.8 Å². The van der Waals surface area contributed by atoms with E-state index in [-0.39, 0.29) is 0 Å². The molecule has 10 N–H and O–H groups in total. The molecule has 40 heavy (non-hydrogen) atoms. The summed E-state index contributed by atoms with van der Waals surface area (Å²) >= 11 is 0. The van der Waals surface area contributed by atoms with Crippen LogP contribution in [0.2, 0.25) is 0 Å². The molecule has 232 valence electrons. The normalized spacial score (nSPS) is 46.0. The smallest absolute Gasteiger partial charge is 0.217 e. The number of ether oxygens (including phenoxy) is 5. The molecule has 3 heterocycles. The van der Waals surface area contributed by atoms with Gasteiger partial charge in [0, 0.05) is 13.8 Å². The van der Waals surface area contributed by atoms with Crippen LogP contribution in [0, 0.1) is 0 Å². The molecule has 3 saturated heterocycles. The average Bonchev–Trinajstić information content (AvgIpc) is 2.90. The van der Waals surface area contributed by atoms with Crippen LogP contribution in [0.15, 0.2) is 0 Å². The van der Waals surface area contributed by atoms with E-state index in [0.29, 0.717) is 0 Å². The summed E-state index contributed by atoms with van der Waals surface area (Å²) in [5, 5.41) is 86.8. The first-order chi connectivity index (χ1) is 18.8. The van der Waals surface area contributed by atoms with E-state index < -0.39 is 123 Å². The minimum absolute atomic E-state index is 0.404. The summed E-state index contributed by atoms with van der Waals surface area (Å²) in [4.78, 5) is 23.3. The Morgan fingerprint density at radius 3 is 1.80 bits per heavy atom. The van der Waals surface area contributed by atoms with E-state index in [2.05, 4.69) is 10.6 Å². The molecule has 0 aliphatic carbocycles. The molecule has 17 heteroatoms. The van der Waals surface area contributed by atoms with Gasteiger partial charge in [0.2, 0.25) is 11.8 Å². The molecule has 0 aromatic rings. The predicted octanol–water partition coefficient (Wildman–Crippen LogP) is -6.22. The van der Waals surface area contributed by atoms with Crippen molar-refractivity contribution in [2.45, 2.75) is 113 Å². The van der Waals surface area contributed by atoms with Crippen molar-refractivity contribution in [3.8, 4) is 0 Å². The van der Waals surface area contributed by atoms with Crippen molar-refractivity contribution >= 4 is 11.8 Å². The van der Waals surface area contributed by atoms with Gasteiger partial charge in [0.1, 0.15) is 67.1 Å². The van der Waals surface area contributed by atoms with Gasteiger partial charge in [0.05, 0.1) is 32.0 Å². The van der Waals surface area contributed by atoms with Gasteiger partial charge < -0.3 is 75.2 Å². The number of carbonyl (C=O) groups is 2. The summed E-state index contributed by atoms with van der Waals surface area (Å²) < 4.78 is 28.1. The lowest BCUT2D eigenvalue weighted by Crippen LogP contribution is -2.68. The van der Waals surface area contributed by atoms with Crippen molar-refractivity contribution in [3.05, 3.63) is 0 Å². The maximum Gasteiger partial charge on any atom is 0.217 e. The van der Waals surface area contributed by atoms with Crippen molar-refractivity contribution in [1.29, 1.82) is 0 Å². The van der Waals surface area contributed by atoms with Crippen LogP contribution in [0.25, 0.3) is 0 Å². The molecule has 17 nitrogen and oxygen atoms in total. The summed E-state index contributed by atoms with van der Waals surface area (Å²) in [6, 6.07) is -2.21. The van der Waals surface area contributed by atoms with Gasteiger partial charge in [-0.05, 0) is 6.92 Å². The van der Waals surface area contributed by atoms with Crippen LogP contribution in [0.5, 0.6) is 0 Å². The molecular formula is C23H40N2O15. The van der Waals surface area contributed by atoms with E-state index in [9.17, 15) is 50.4 Å². The zero-order chi connectivity index (χ0) is 29.9. The molecule has 3 rings (SSSR count). The second-order valence-corrected chi connectivity index (χ2v) is 10.2. The molecule has 0 bridgehead atoms. The van der Waals surface area contributed by atoms with Crippen LogP contribution in [-0.4, -0.2) is 164 Å². The first-order valence-electron chi connectivity index (χ1n) is 12.9. The molecule has 15 atom stereocenters. The molecule has 0 radical (unpaired) electrons. The number of aliphatic hydroxyl groups excluding tert-OH is 8. The number of amides is 2. The van der Waals surface area contributed by atoms with Gasteiger partial charge in [-0.15, -0.1) is 0 Å². The highest BCUT2D eigenvalue weighted by Gasteiger charge is 2.52. The monoisotopic (exact) mass is 584 g/mol. The fourth-order valence-electron chi connectivity index (χ4n) is 5.02. The van der Waals surface area contributed by atoms with Crippen LogP contribution in [0.1, 0.15) is 20.8 Å². The quantitative estimate of drug-likeness (QED) is 0.121. The summed E-state index contributed by atoms with van der Waals surface area (Å²) in [7, 11) is 0. The Kier molecular flexibility index (Phi) is 11.6. The highest BCUT2D eigenvalue weighted by atomic mass is 16.7. The molecule has 2 amide bonds. The summed E-state index contributed by atoms with van der Waals surface area (Å²) in [5.41, 5.74) is 0. The van der Waals surface area contributed by atoms with Crippen LogP contribution in [-0.2, 0) is 33.3 Å². The van der Waals surface area contributed by atoms with Crippen molar-refractivity contribution in [2.24, 2.45) is 0 Å². The van der Waals surface area contributed by atoms with Gasteiger partial charge >= 0.3 is 0 Å². The highest BCUT2D eigenvalue weighted by Crippen LogP contribution is 2.30. The summed E-state index contributed by atoms with van der Waals surface area (Å²) in [6.45, 7) is 2.11. The third-order valence-electron chi connectivity index (χ3n) is 7.15. The number of nitrogens with one attached hydrogen (secondary N) is 2. The first-order valence-corrected chi connectivity index (χ1v) is 12.9. The highest BCUT2D eigenvalue weighted by molar-refractivity contribution is 5.73. The lowest BCUT2D eigenvalue weighted by atomic mass is 9.93. The second-order valence-electron chi connectivity index (χ2n) is 10.2. The molecular weight excluding hydrogens is 544 g/mol. The van der Waals surface area contributed by atoms with Gasteiger partial charge in [0.15, 0.2) is 12.6 Å². The number of aliphatic hydroxyl groups is 8. The SMILES string of the molecule is CC(=O)NC1C(C)OC(CO[C@@H]2OC(CO)[C@H](O[C@@H]3OC(CO)[C@H](O)[C@H](O)C3O)[C@H](O)C2NC(C)=O)[C@H](O)[C@@H]1O. The lowest BCUT2D eigenvalue weighted by Gasteiger charge is -2.47. The van der Waals surface area contributed by atoms with Crippen LogP contribution >= 0.6 is 0 Å². The van der Waals surface area contributed by atoms with Crippen molar-refractivity contribution in [1.82, 2.24) is 10.6 Å². The second kappa shape index (κ2) is 14.1. The van der Waals surface area contributed by atoms with E-state index in [1.165, 1.54) is 6.92 Å². The molecule has 0 saturated carbocycles. The largest absolute Gasteiger partial charge is 0.394 e. The lowest BCUT2D eigenvalue weighted by molar-refractivity contribution is -0.350. The van der Waals surface area contributed by atoms with Gasteiger partial charge in [-0.25, -0.2) is 0 Å². The molecule has 3 fully saturated rings. The average molecular weight is 585 g/mol. The van der Waals surface area contributed by atoms with Crippen molar-refractivity contribution in [3.63, 3.8) is 0 Å². The third-order valence-corrected chi connectivity index (χ3v) is 7.15. The van der Waals surface area contributed by atoms with Crippen LogP contribution in [0.4, 0.5) is 0 Å². The first kappa shape index (κ1) is 32.9. The van der Waals surface area contributed by atoms with Gasteiger partial charge in [-0.3, -0.25) is 9.59 Å². The van der Waals surface area contributed by atoms with Crippen molar-refractivity contribution < 1.29 is 74.1 Å². The standard InChI is InChI=1S/C23H40N2O15/c1-7-13(24-8(2)28)17(32)16(31)12(37-7)6-36-22-14(25-9(3)29)18(33)21(11(5-27)39-22)40-23-20(35)19(34)15(30)10(4-26)38-23/h7,10-23,26-27,30-35H,4-6H2,1-3H3,(H,24,28)(H,25,29)/t7?,10?,11?,12?,13?,14?,15-,16-,17+,18+,19-,20?,21-,22+,23-/m0/s1. The van der Waals surface area contributed by atoms with E-state index in [4.69, 9.17) is 23.7 Å². The Labute approximate surface area is 229 Å². The minimum atomic E-state index is -1.81. The maximum absolute atomic E-state index is 11.9. The summed E-state index contributed by atoms with van der Waals surface area (Å²) in [6.07, 6.45) is -18.8. The Hall–Kier alpha value is -1.58. The van der Waals surface area contributed by atoms with E-state index in [0.717, 1.165) is 6.92 Å². The fraction of sp³-hybridized carbons (Fsp3) is 0.913. The van der Waals surface area contributed by atoms with Gasteiger partial charge in [0.25, 0.3) is 0 Å².